The molecule has 146 valence electrons. The molecular weight excluding hydrogens is 372 g/mol. The Bertz CT molecular complexity index is 852. The molecule has 0 saturated carbocycles. The molecule has 0 spiro atoms. The van der Waals surface area contributed by atoms with Crippen LogP contribution in [0.4, 0.5) is 5.69 Å². The third kappa shape index (κ3) is 4.27. The van der Waals surface area contributed by atoms with E-state index in [1.165, 1.54) is 0 Å². The number of Topliss-reactive ketones (excluding diaryl/α,β-unsaturated/α-hetero) is 1. The number of ketones is 1. The van der Waals surface area contributed by atoms with Crippen LogP contribution in [0.1, 0.15) is 37.0 Å². The number of nitrogens with one attached hydrogen (secondary N) is 1. The molecule has 1 N–H and O–H groups in total. The van der Waals surface area contributed by atoms with Crippen molar-refractivity contribution in [2.24, 2.45) is 0 Å². The summed E-state index contributed by atoms with van der Waals surface area (Å²) in [5.41, 5.74) is 0.246. The Hall–Kier alpha value is -2.61. The van der Waals surface area contributed by atoms with Gasteiger partial charge in [0.15, 0.2) is 11.8 Å². The van der Waals surface area contributed by atoms with Gasteiger partial charge < -0.3 is 5.32 Å². The SMILES string of the molecule is C#CC(CC)(CC)N(C(=O)C(NC)C(=O)c1ccc(Cl)cc1)c1ccccc1. The van der Waals surface area contributed by atoms with Crippen molar-refractivity contribution in [3.05, 3.63) is 65.2 Å². The van der Waals surface area contributed by atoms with Gasteiger partial charge in [-0.15, -0.1) is 6.42 Å². The number of nitrogens with zero attached hydrogens (tertiary/aromatic N) is 1. The number of amides is 1. The second kappa shape index (κ2) is 9.54. The molecule has 4 nitrogen and oxygen atoms in total. The van der Waals surface area contributed by atoms with Crippen LogP contribution in [0.3, 0.4) is 0 Å². The number of likely N-dealkylation sites (N-methyl/N-ethyl adjacent to an activating group) is 1. The first kappa shape index (κ1) is 21.7. The van der Waals surface area contributed by atoms with Gasteiger partial charge in [0.25, 0.3) is 5.91 Å². The van der Waals surface area contributed by atoms with Crippen molar-refractivity contribution in [1.29, 1.82) is 0 Å². The van der Waals surface area contributed by atoms with Gasteiger partial charge in [-0.05, 0) is 56.3 Å². The number of para-hydroxylation sites is 1. The molecule has 0 saturated heterocycles. The fourth-order valence-corrected chi connectivity index (χ4v) is 3.40. The van der Waals surface area contributed by atoms with Gasteiger partial charge in [0.1, 0.15) is 5.54 Å². The van der Waals surface area contributed by atoms with Crippen LogP contribution in [0.2, 0.25) is 5.02 Å². The molecule has 2 rings (SSSR count). The lowest BCUT2D eigenvalue weighted by atomic mass is 9.89. The topological polar surface area (TPSA) is 49.4 Å². The lowest BCUT2D eigenvalue weighted by molar-refractivity contribution is -0.120. The predicted molar refractivity (Wildman–Crippen MR) is 115 cm³/mol. The highest BCUT2D eigenvalue weighted by atomic mass is 35.5. The molecule has 2 aromatic rings. The summed E-state index contributed by atoms with van der Waals surface area (Å²) in [5.74, 6) is 2.10. The molecule has 0 heterocycles. The second-order valence-electron chi connectivity index (χ2n) is 6.49. The number of anilines is 1. The maximum Gasteiger partial charge on any atom is 0.253 e. The minimum Gasteiger partial charge on any atom is -0.302 e. The summed E-state index contributed by atoms with van der Waals surface area (Å²) in [6.07, 6.45) is 7.01. The van der Waals surface area contributed by atoms with E-state index in [-0.39, 0.29) is 11.7 Å². The third-order valence-electron chi connectivity index (χ3n) is 5.03. The fraction of sp³-hybridized carbons (Fsp3) is 0.304. The van der Waals surface area contributed by atoms with E-state index in [4.69, 9.17) is 18.0 Å². The van der Waals surface area contributed by atoms with Gasteiger partial charge in [0.2, 0.25) is 0 Å². The van der Waals surface area contributed by atoms with Crippen LogP contribution in [0, 0.1) is 12.3 Å². The maximum absolute atomic E-state index is 13.6. The maximum atomic E-state index is 13.6. The standard InChI is InChI=1S/C23H25ClN2O2/c1-5-23(6-2,7-3)26(19-11-9-8-10-12-19)22(28)20(25-4)21(27)17-13-15-18(24)16-14-17/h1,8-16,20,25H,6-7H2,2-4H3. The van der Waals surface area contributed by atoms with Crippen LogP contribution in [-0.2, 0) is 4.79 Å². The molecule has 0 bridgehead atoms. The molecular formula is C23H25ClN2O2. The summed E-state index contributed by atoms with van der Waals surface area (Å²) >= 11 is 5.91. The van der Waals surface area contributed by atoms with Crippen LogP contribution in [0.15, 0.2) is 54.6 Å². The number of carbonyl (C=O) groups excluding carboxylic acids is 2. The van der Waals surface area contributed by atoms with Crippen molar-refractivity contribution in [3.8, 4) is 12.3 Å². The number of benzene rings is 2. The molecule has 1 amide bonds. The molecule has 1 atom stereocenters. The summed E-state index contributed by atoms with van der Waals surface area (Å²) in [7, 11) is 1.59. The highest BCUT2D eigenvalue weighted by molar-refractivity contribution is 6.30. The first-order valence-corrected chi connectivity index (χ1v) is 9.65. The minimum atomic E-state index is -1.06. The van der Waals surface area contributed by atoms with E-state index in [1.54, 1.807) is 36.2 Å². The monoisotopic (exact) mass is 396 g/mol. The van der Waals surface area contributed by atoms with Gasteiger partial charge in [-0.1, -0.05) is 49.6 Å². The molecule has 0 aliphatic heterocycles. The van der Waals surface area contributed by atoms with E-state index in [0.29, 0.717) is 29.1 Å². The van der Waals surface area contributed by atoms with Crippen molar-refractivity contribution >= 4 is 29.0 Å². The van der Waals surface area contributed by atoms with Gasteiger partial charge in [-0.2, -0.15) is 0 Å². The lowest BCUT2D eigenvalue weighted by Crippen LogP contribution is -2.58. The number of hydrogen-bond acceptors (Lipinski definition) is 3. The number of carbonyl (C=O) groups is 2. The molecule has 28 heavy (non-hydrogen) atoms. The summed E-state index contributed by atoms with van der Waals surface area (Å²) in [4.78, 5) is 28.2. The Balaban J connectivity index is 2.52. The van der Waals surface area contributed by atoms with Gasteiger partial charge >= 0.3 is 0 Å². The molecule has 0 aliphatic carbocycles. The molecule has 1 unspecified atom stereocenters. The van der Waals surface area contributed by atoms with Crippen LogP contribution in [0.25, 0.3) is 0 Å². The van der Waals surface area contributed by atoms with Crippen LogP contribution >= 0.6 is 11.6 Å². The van der Waals surface area contributed by atoms with Crippen molar-refractivity contribution in [1.82, 2.24) is 5.32 Å². The van der Waals surface area contributed by atoms with Crippen molar-refractivity contribution in [2.75, 3.05) is 11.9 Å². The lowest BCUT2D eigenvalue weighted by Gasteiger charge is -2.40. The summed E-state index contributed by atoms with van der Waals surface area (Å²) in [6, 6.07) is 14.6. The zero-order chi connectivity index (χ0) is 20.7. The second-order valence-corrected chi connectivity index (χ2v) is 6.92. The van der Waals surface area contributed by atoms with E-state index < -0.39 is 11.6 Å². The number of hydrogen-bond donors (Lipinski definition) is 1. The highest BCUT2D eigenvalue weighted by Gasteiger charge is 2.41. The minimum absolute atomic E-state index is 0.330. The quantitative estimate of drug-likeness (QED) is 0.410. The van der Waals surface area contributed by atoms with Gasteiger partial charge in [-0.3, -0.25) is 14.5 Å². The highest BCUT2D eigenvalue weighted by Crippen LogP contribution is 2.31. The summed E-state index contributed by atoms with van der Waals surface area (Å²) in [5, 5.41) is 3.39. The van der Waals surface area contributed by atoms with E-state index in [1.807, 2.05) is 44.2 Å². The Morgan fingerprint density at radius 2 is 1.68 bits per heavy atom. The van der Waals surface area contributed by atoms with Crippen LogP contribution in [0.5, 0.6) is 0 Å². The smallest absolute Gasteiger partial charge is 0.253 e. The Labute approximate surface area is 171 Å². The summed E-state index contributed by atoms with van der Waals surface area (Å²) in [6.45, 7) is 3.89. The van der Waals surface area contributed by atoms with Crippen LogP contribution in [-0.4, -0.2) is 30.3 Å². The third-order valence-corrected chi connectivity index (χ3v) is 5.28. The Morgan fingerprint density at radius 1 is 1.11 bits per heavy atom. The molecule has 0 aromatic heterocycles. The summed E-state index contributed by atoms with van der Waals surface area (Å²) < 4.78 is 0. The molecule has 5 heteroatoms. The Morgan fingerprint density at radius 3 is 2.14 bits per heavy atom. The van der Waals surface area contributed by atoms with E-state index in [9.17, 15) is 9.59 Å². The van der Waals surface area contributed by atoms with Gasteiger partial charge in [-0.25, -0.2) is 0 Å². The predicted octanol–water partition coefficient (Wildman–Crippen LogP) is 4.34. The Kier molecular flexibility index (Phi) is 7.39. The van der Waals surface area contributed by atoms with E-state index in [2.05, 4.69) is 11.2 Å². The average molecular weight is 397 g/mol. The van der Waals surface area contributed by atoms with Crippen molar-refractivity contribution in [2.45, 2.75) is 38.3 Å². The van der Waals surface area contributed by atoms with Gasteiger partial charge in [0, 0.05) is 16.3 Å². The van der Waals surface area contributed by atoms with Crippen LogP contribution < -0.4 is 10.2 Å². The van der Waals surface area contributed by atoms with E-state index in [0.717, 1.165) is 0 Å². The number of rotatable bonds is 8. The molecule has 0 aliphatic rings. The normalized spacial score (nSPS) is 12.1. The molecule has 0 fully saturated rings. The first-order valence-electron chi connectivity index (χ1n) is 9.28. The van der Waals surface area contributed by atoms with Crippen molar-refractivity contribution in [3.63, 3.8) is 0 Å². The fourth-order valence-electron chi connectivity index (χ4n) is 3.27. The first-order chi connectivity index (χ1) is 13.4. The molecule has 0 radical (unpaired) electrons. The van der Waals surface area contributed by atoms with Gasteiger partial charge in [0.05, 0.1) is 0 Å². The number of terminal acetylenes is 1. The zero-order valence-corrected chi connectivity index (χ0v) is 17.2. The largest absolute Gasteiger partial charge is 0.302 e. The zero-order valence-electron chi connectivity index (χ0n) is 16.4. The van der Waals surface area contributed by atoms with Crippen molar-refractivity contribution < 1.29 is 9.59 Å². The average Bonchev–Trinajstić information content (AvgIpc) is 2.73. The number of halogens is 1. The van der Waals surface area contributed by atoms with E-state index >= 15 is 0 Å². The molecule has 2 aromatic carbocycles.